The lowest BCUT2D eigenvalue weighted by molar-refractivity contribution is -0.155. The van der Waals surface area contributed by atoms with E-state index in [1.54, 1.807) is 0 Å². The van der Waals surface area contributed by atoms with E-state index in [1.807, 2.05) is 0 Å². The van der Waals surface area contributed by atoms with E-state index in [9.17, 15) is 4.79 Å². The molecule has 0 aromatic carbocycles. The molecule has 4 atom stereocenters. The summed E-state index contributed by atoms with van der Waals surface area (Å²) in [5.41, 5.74) is 0. The van der Waals surface area contributed by atoms with Gasteiger partial charge in [0.2, 0.25) is 0 Å². The number of carbonyl (C=O) groups excluding carboxylic acids is 1. The Morgan fingerprint density at radius 3 is 3.18 bits per heavy atom. The molecule has 2 nitrogen and oxygen atoms in total. The molecule has 0 N–H and O–H groups in total. The number of Topliss-reactive ketones (excluding diaryl/α,β-unsaturated/α-hetero) is 1. The maximum Gasteiger partial charge on any atom is 0.165 e. The maximum atomic E-state index is 11.3. The molecule has 2 aliphatic carbocycles. The van der Waals surface area contributed by atoms with Crippen LogP contribution in [0.4, 0.5) is 0 Å². The lowest BCUT2D eigenvalue weighted by Gasteiger charge is -2.42. The van der Waals surface area contributed by atoms with Crippen LogP contribution in [0.25, 0.3) is 0 Å². The van der Waals surface area contributed by atoms with Gasteiger partial charge in [-0.15, -0.1) is 0 Å². The molecule has 0 spiro atoms. The van der Waals surface area contributed by atoms with E-state index in [1.165, 1.54) is 12.8 Å². The molecule has 3 saturated heterocycles. The Balaban J connectivity index is 1.96. The maximum absolute atomic E-state index is 11.3. The van der Waals surface area contributed by atoms with Crippen LogP contribution in [0, 0.1) is 17.8 Å². The van der Waals surface area contributed by atoms with Crippen molar-refractivity contribution in [3.63, 3.8) is 0 Å². The number of ketones is 1. The Morgan fingerprint density at radius 1 is 1.36 bits per heavy atom. The Hall–Kier alpha value is -0.370. The number of carbonyl (C=O) groups is 1. The van der Waals surface area contributed by atoms with E-state index in [0.717, 1.165) is 13.0 Å². The quantitative estimate of drug-likeness (QED) is 0.517. The molecular formula is C9H12O2. The van der Waals surface area contributed by atoms with Crippen LogP contribution >= 0.6 is 0 Å². The lowest BCUT2D eigenvalue weighted by atomic mass is 9.61. The van der Waals surface area contributed by atoms with E-state index in [4.69, 9.17) is 4.74 Å². The van der Waals surface area contributed by atoms with Crippen LogP contribution in [-0.2, 0) is 9.53 Å². The van der Waals surface area contributed by atoms with Gasteiger partial charge in [0, 0.05) is 11.8 Å². The molecule has 0 amide bonds. The minimum atomic E-state index is 0.0208. The highest BCUT2D eigenvalue weighted by Gasteiger charge is 2.55. The van der Waals surface area contributed by atoms with E-state index >= 15 is 0 Å². The van der Waals surface area contributed by atoms with Crippen molar-refractivity contribution in [1.82, 2.24) is 0 Å². The highest BCUT2D eigenvalue weighted by Crippen LogP contribution is 2.49. The van der Waals surface area contributed by atoms with Crippen molar-refractivity contribution in [2.75, 3.05) is 6.61 Å². The summed E-state index contributed by atoms with van der Waals surface area (Å²) in [6.45, 7) is 0.851. The molecule has 2 saturated carbocycles. The highest BCUT2D eigenvalue weighted by molar-refractivity contribution is 5.92. The van der Waals surface area contributed by atoms with Crippen molar-refractivity contribution in [3.8, 4) is 0 Å². The first kappa shape index (κ1) is 6.18. The van der Waals surface area contributed by atoms with E-state index < -0.39 is 0 Å². The van der Waals surface area contributed by atoms with E-state index in [0.29, 0.717) is 23.5 Å². The van der Waals surface area contributed by atoms with Gasteiger partial charge in [0.15, 0.2) is 5.78 Å². The minimum absolute atomic E-state index is 0.0208. The number of hydrogen-bond donors (Lipinski definition) is 0. The molecule has 0 radical (unpaired) electrons. The van der Waals surface area contributed by atoms with Gasteiger partial charge in [0.25, 0.3) is 0 Å². The van der Waals surface area contributed by atoms with Crippen molar-refractivity contribution in [1.29, 1.82) is 0 Å². The normalized spacial score (nSPS) is 53.6. The largest absolute Gasteiger partial charge is 0.370 e. The van der Waals surface area contributed by atoms with Crippen LogP contribution in [0.3, 0.4) is 0 Å². The number of ether oxygens (including phenoxy) is 1. The van der Waals surface area contributed by atoms with Gasteiger partial charge in [0.1, 0.15) is 6.10 Å². The molecule has 60 valence electrons. The van der Waals surface area contributed by atoms with Gasteiger partial charge in [-0.2, -0.15) is 0 Å². The predicted octanol–water partition coefficient (Wildman–Crippen LogP) is 1.00. The summed E-state index contributed by atoms with van der Waals surface area (Å²) in [5, 5.41) is 0. The average molecular weight is 152 g/mol. The monoisotopic (exact) mass is 152 g/mol. The summed E-state index contributed by atoms with van der Waals surface area (Å²) in [7, 11) is 0. The lowest BCUT2D eigenvalue weighted by Crippen LogP contribution is -2.52. The second-order valence-electron chi connectivity index (χ2n) is 4.11. The van der Waals surface area contributed by atoms with Gasteiger partial charge in [-0.1, -0.05) is 0 Å². The highest BCUT2D eigenvalue weighted by atomic mass is 16.5. The molecule has 3 heterocycles. The van der Waals surface area contributed by atoms with Crippen LogP contribution in [0.5, 0.6) is 0 Å². The number of rotatable bonds is 0. The SMILES string of the molecule is O=C1C2CC3CCC2C1OC3. The molecular weight excluding hydrogens is 140 g/mol. The molecule has 5 aliphatic rings. The number of hydrogen-bond acceptors (Lipinski definition) is 2. The molecule has 4 unspecified atom stereocenters. The van der Waals surface area contributed by atoms with Crippen molar-refractivity contribution in [2.24, 2.45) is 17.8 Å². The summed E-state index contributed by atoms with van der Waals surface area (Å²) in [6, 6.07) is 0. The molecule has 5 fully saturated rings. The van der Waals surface area contributed by atoms with Gasteiger partial charge in [-0.05, 0) is 25.2 Å². The first-order valence-electron chi connectivity index (χ1n) is 4.51. The Kier molecular flexibility index (Phi) is 1.05. The molecule has 11 heavy (non-hydrogen) atoms. The predicted molar refractivity (Wildman–Crippen MR) is 39.1 cm³/mol. The number of fused-ring (bicyclic) bond motifs is 1. The van der Waals surface area contributed by atoms with E-state index in [-0.39, 0.29) is 6.10 Å². The van der Waals surface area contributed by atoms with Gasteiger partial charge in [-0.25, -0.2) is 0 Å². The molecule has 4 bridgehead atoms. The summed E-state index contributed by atoms with van der Waals surface area (Å²) in [4.78, 5) is 11.3. The fourth-order valence-electron chi connectivity index (χ4n) is 2.87. The topological polar surface area (TPSA) is 26.3 Å². The minimum Gasteiger partial charge on any atom is -0.370 e. The first-order chi connectivity index (χ1) is 5.36. The van der Waals surface area contributed by atoms with Crippen molar-refractivity contribution in [2.45, 2.75) is 25.4 Å². The van der Waals surface area contributed by atoms with Crippen LogP contribution in [-0.4, -0.2) is 18.5 Å². The summed E-state index contributed by atoms with van der Waals surface area (Å²) in [6.07, 6.45) is 3.68. The standard InChI is InChI=1S/C9H12O2/c10-8-7-3-5-1-2-6(7)9(8)11-4-5/h5-7,9H,1-4H2. The Bertz CT molecular complexity index is 204. The Morgan fingerprint density at radius 2 is 2.27 bits per heavy atom. The van der Waals surface area contributed by atoms with Crippen LogP contribution < -0.4 is 0 Å². The van der Waals surface area contributed by atoms with Gasteiger partial charge < -0.3 is 4.74 Å². The van der Waals surface area contributed by atoms with Crippen molar-refractivity contribution < 1.29 is 9.53 Å². The van der Waals surface area contributed by atoms with Gasteiger partial charge in [-0.3, -0.25) is 4.79 Å². The summed E-state index contributed by atoms with van der Waals surface area (Å²) in [5.74, 6) is 2.12. The average Bonchev–Trinajstić information content (AvgIpc) is 2.38. The fourth-order valence-corrected chi connectivity index (χ4v) is 2.87. The second kappa shape index (κ2) is 1.86. The van der Waals surface area contributed by atoms with Crippen molar-refractivity contribution >= 4 is 5.78 Å². The Labute approximate surface area is 65.9 Å². The summed E-state index contributed by atoms with van der Waals surface area (Å²) < 4.78 is 5.52. The van der Waals surface area contributed by atoms with E-state index in [2.05, 4.69) is 0 Å². The third-order valence-electron chi connectivity index (χ3n) is 3.56. The molecule has 5 rings (SSSR count). The molecule has 2 heteroatoms. The first-order valence-corrected chi connectivity index (χ1v) is 4.51. The molecule has 0 aromatic rings. The van der Waals surface area contributed by atoms with Crippen LogP contribution in [0.15, 0.2) is 0 Å². The molecule has 3 aliphatic heterocycles. The zero-order valence-corrected chi connectivity index (χ0v) is 6.45. The third-order valence-corrected chi connectivity index (χ3v) is 3.56. The zero-order valence-electron chi connectivity index (χ0n) is 6.45. The summed E-state index contributed by atoms with van der Waals surface area (Å²) >= 11 is 0. The zero-order chi connectivity index (χ0) is 7.42. The third kappa shape index (κ3) is 0.639. The molecule has 0 aromatic heterocycles. The fraction of sp³-hybridized carbons (Fsp3) is 0.889. The second-order valence-corrected chi connectivity index (χ2v) is 4.11. The van der Waals surface area contributed by atoms with Crippen molar-refractivity contribution in [3.05, 3.63) is 0 Å². The van der Waals surface area contributed by atoms with Gasteiger partial charge >= 0.3 is 0 Å². The van der Waals surface area contributed by atoms with Crippen LogP contribution in [0.1, 0.15) is 19.3 Å². The smallest absolute Gasteiger partial charge is 0.165 e. The van der Waals surface area contributed by atoms with Gasteiger partial charge in [0.05, 0.1) is 6.61 Å². The van der Waals surface area contributed by atoms with Crippen LogP contribution in [0.2, 0.25) is 0 Å².